The first kappa shape index (κ1) is 18.6. The van der Waals surface area contributed by atoms with E-state index >= 15 is 0 Å². The van der Waals surface area contributed by atoms with Gasteiger partial charge in [0.1, 0.15) is 0 Å². The van der Waals surface area contributed by atoms with Crippen LogP contribution < -0.4 is 0 Å². The van der Waals surface area contributed by atoms with Crippen LogP contribution in [-0.2, 0) is 32.7 Å². The minimum absolute atomic E-state index is 0.461. The number of benzene rings is 1. The fraction of sp³-hybridized carbons (Fsp3) is 0.350. The van der Waals surface area contributed by atoms with Crippen LogP contribution in [0, 0.1) is 6.92 Å². The first-order chi connectivity index (χ1) is 13.3. The standard InChI is InChI=1S/C20H20F3N5/c1-13-9-17(27(2)26-13)12-28-8-7-18-15(11-28)10-24-19(25-18)14-3-5-16(6-4-14)20(21,22)23/h3-6,9-10H,7-8,11-12H2,1-2H3. The summed E-state index contributed by atoms with van der Waals surface area (Å²) >= 11 is 0. The van der Waals surface area contributed by atoms with Crippen molar-refractivity contribution in [3.8, 4) is 11.4 Å². The molecule has 5 nitrogen and oxygen atoms in total. The van der Waals surface area contributed by atoms with Gasteiger partial charge in [0, 0.05) is 50.4 Å². The van der Waals surface area contributed by atoms with E-state index in [9.17, 15) is 13.2 Å². The van der Waals surface area contributed by atoms with E-state index in [0.717, 1.165) is 60.8 Å². The zero-order chi connectivity index (χ0) is 19.9. The number of alkyl halides is 3. The summed E-state index contributed by atoms with van der Waals surface area (Å²) in [5.74, 6) is 0.461. The van der Waals surface area contributed by atoms with Gasteiger partial charge in [-0.05, 0) is 25.1 Å². The van der Waals surface area contributed by atoms with Crippen LogP contribution in [0.5, 0.6) is 0 Å². The minimum atomic E-state index is -4.34. The van der Waals surface area contributed by atoms with Crippen LogP contribution in [0.4, 0.5) is 13.2 Å². The Hall–Kier alpha value is -2.74. The van der Waals surface area contributed by atoms with E-state index in [-0.39, 0.29) is 0 Å². The van der Waals surface area contributed by atoms with Crippen molar-refractivity contribution in [3.63, 3.8) is 0 Å². The highest BCUT2D eigenvalue weighted by molar-refractivity contribution is 5.56. The van der Waals surface area contributed by atoms with Crippen molar-refractivity contribution in [2.75, 3.05) is 6.54 Å². The summed E-state index contributed by atoms with van der Waals surface area (Å²) in [6, 6.07) is 7.06. The van der Waals surface area contributed by atoms with Gasteiger partial charge in [0.15, 0.2) is 5.82 Å². The van der Waals surface area contributed by atoms with Gasteiger partial charge >= 0.3 is 6.18 Å². The normalized spacial score (nSPS) is 14.9. The summed E-state index contributed by atoms with van der Waals surface area (Å²) < 4.78 is 40.1. The minimum Gasteiger partial charge on any atom is -0.293 e. The Labute approximate surface area is 160 Å². The van der Waals surface area contributed by atoms with Gasteiger partial charge in [0.2, 0.25) is 0 Å². The van der Waals surface area contributed by atoms with Crippen LogP contribution in [-0.4, -0.2) is 31.2 Å². The zero-order valence-corrected chi connectivity index (χ0v) is 15.7. The third kappa shape index (κ3) is 3.77. The number of nitrogens with zero attached hydrogens (tertiary/aromatic N) is 5. The molecule has 2 aromatic heterocycles. The molecule has 0 aliphatic carbocycles. The maximum Gasteiger partial charge on any atom is 0.416 e. The zero-order valence-electron chi connectivity index (χ0n) is 15.7. The number of halogens is 3. The predicted molar refractivity (Wildman–Crippen MR) is 98.2 cm³/mol. The van der Waals surface area contributed by atoms with Gasteiger partial charge < -0.3 is 0 Å². The van der Waals surface area contributed by atoms with Gasteiger partial charge in [-0.2, -0.15) is 18.3 Å². The molecule has 1 aromatic carbocycles. The van der Waals surface area contributed by atoms with Gasteiger partial charge in [-0.3, -0.25) is 9.58 Å². The fourth-order valence-corrected chi connectivity index (χ4v) is 3.50. The molecule has 8 heteroatoms. The molecule has 1 aliphatic heterocycles. The Bertz CT molecular complexity index is 992. The molecule has 1 aliphatic rings. The van der Waals surface area contributed by atoms with Gasteiger partial charge in [0.25, 0.3) is 0 Å². The highest BCUT2D eigenvalue weighted by Crippen LogP contribution is 2.30. The summed E-state index contributed by atoms with van der Waals surface area (Å²) in [5, 5.41) is 4.38. The SMILES string of the molecule is Cc1cc(CN2CCc3nc(-c4ccc(C(F)(F)F)cc4)ncc3C2)n(C)n1. The number of aromatic nitrogens is 4. The Morgan fingerprint density at radius 1 is 1.14 bits per heavy atom. The lowest BCUT2D eigenvalue weighted by atomic mass is 10.1. The van der Waals surface area contributed by atoms with Crippen LogP contribution >= 0.6 is 0 Å². The number of aryl methyl sites for hydroxylation is 2. The molecule has 0 spiro atoms. The Kier molecular flexibility index (Phi) is 4.66. The smallest absolute Gasteiger partial charge is 0.293 e. The average molecular weight is 387 g/mol. The first-order valence-corrected chi connectivity index (χ1v) is 9.04. The van der Waals surface area contributed by atoms with E-state index in [0.29, 0.717) is 11.4 Å². The molecule has 0 radical (unpaired) electrons. The molecule has 0 N–H and O–H groups in total. The first-order valence-electron chi connectivity index (χ1n) is 9.04. The maximum atomic E-state index is 12.7. The number of rotatable bonds is 3. The van der Waals surface area contributed by atoms with Crippen LogP contribution in [0.3, 0.4) is 0 Å². The number of hydrogen-bond donors (Lipinski definition) is 0. The molecular formula is C20H20F3N5. The fourth-order valence-electron chi connectivity index (χ4n) is 3.50. The van der Waals surface area contributed by atoms with E-state index in [1.165, 1.54) is 12.1 Å². The topological polar surface area (TPSA) is 46.8 Å². The van der Waals surface area contributed by atoms with Crippen molar-refractivity contribution in [1.82, 2.24) is 24.6 Å². The lowest BCUT2D eigenvalue weighted by Crippen LogP contribution is -2.31. The van der Waals surface area contributed by atoms with E-state index < -0.39 is 11.7 Å². The van der Waals surface area contributed by atoms with E-state index in [2.05, 4.69) is 26.0 Å². The van der Waals surface area contributed by atoms with Crippen LogP contribution in [0.25, 0.3) is 11.4 Å². The lowest BCUT2D eigenvalue weighted by molar-refractivity contribution is -0.137. The molecular weight excluding hydrogens is 367 g/mol. The summed E-state index contributed by atoms with van der Waals surface area (Å²) in [6.45, 7) is 4.39. The van der Waals surface area contributed by atoms with E-state index in [1.807, 2.05) is 18.7 Å². The molecule has 4 rings (SSSR count). The summed E-state index contributed by atoms with van der Waals surface area (Å²) in [6.07, 6.45) is -1.77. The van der Waals surface area contributed by atoms with Crippen molar-refractivity contribution in [2.45, 2.75) is 32.6 Å². The molecule has 0 bridgehead atoms. The van der Waals surface area contributed by atoms with Crippen LogP contribution in [0.2, 0.25) is 0 Å². The highest BCUT2D eigenvalue weighted by Gasteiger charge is 2.30. The molecule has 0 saturated heterocycles. The Morgan fingerprint density at radius 3 is 2.54 bits per heavy atom. The van der Waals surface area contributed by atoms with Crippen LogP contribution in [0.1, 0.15) is 28.2 Å². The van der Waals surface area contributed by atoms with Crippen LogP contribution in [0.15, 0.2) is 36.5 Å². The summed E-state index contributed by atoms with van der Waals surface area (Å²) in [7, 11) is 1.94. The van der Waals surface area contributed by atoms with Gasteiger partial charge in [-0.25, -0.2) is 9.97 Å². The molecule has 3 heterocycles. The summed E-state index contributed by atoms with van der Waals surface area (Å²) in [4.78, 5) is 11.3. The van der Waals surface area contributed by atoms with Crippen molar-refractivity contribution in [3.05, 3.63) is 64.7 Å². The average Bonchev–Trinajstić information content (AvgIpc) is 2.97. The third-order valence-corrected chi connectivity index (χ3v) is 4.97. The molecule has 0 atom stereocenters. The maximum absolute atomic E-state index is 12.7. The van der Waals surface area contributed by atoms with Crippen molar-refractivity contribution in [2.24, 2.45) is 7.05 Å². The molecule has 28 heavy (non-hydrogen) atoms. The van der Waals surface area contributed by atoms with Crippen molar-refractivity contribution in [1.29, 1.82) is 0 Å². The second kappa shape index (κ2) is 7.01. The quantitative estimate of drug-likeness (QED) is 0.687. The van der Waals surface area contributed by atoms with Crippen molar-refractivity contribution >= 4 is 0 Å². The molecule has 0 amide bonds. The molecule has 0 unspecified atom stereocenters. The highest BCUT2D eigenvalue weighted by atomic mass is 19.4. The Morgan fingerprint density at radius 2 is 1.89 bits per heavy atom. The lowest BCUT2D eigenvalue weighted by Gasteiger charge is -2.27. The Balaban J connectivity index is 1.50. The van der Waals surface area contributed by atoms with E-state index in [1.54, 1.807) is 6.20 Å². The molecule has 0 saturated carbocycles. The summed E-state index contributed by atoms with van der Waals surface area (Å²) in [5.41, 5.74) is 4.09. The van der Waals surface area contributed by atoms with Gasteiger partial charge in [-0.1, -0.05) is 12.1 Å². The largest absolute Gasteiger partial charge is 0.416 e. The number of hydrogen-bond acceptors (Lipinski definition) is 4. The number of fused-ring (bicyclic) bond motifs is 1. The monoisotopic (exact) mass is 387 g/mol. The third-order valence-electron chi connectivity index (χ3n) is 4.97. The molecule has 3 aromatic rings. The van der Waals surface area contributed by atoms with Gasteiger partial charge in [0.05, 0.1) is 22.6 Å². The molecule has 0 fully saturated rings. The van der Waals surface area contributed by atoms with Crippen molar-refractivity contribution < 1.29 is 13.2 Å². The predicted octanol–water partition coefficient (Wildman–Crippen LogP) is 3.76. The molecule has 146 valence electrons. The van der Waals surface area contributed by atoms with E-state index in [4.69, 9.17) is 0 Å². The second-order valence-electron chi connectivity index (χ2n) is 7.10. The second-order valence-corrected chi connectivity index (χ2v) is 7.10. The van der Waals surface area contributed by atoms with Gasteiger partial charge in [-0.15, -0.1) is 0 Å².